The summed E-state index contributed by atoms with van der Waals surface area (Å²) in [7, 11) is 0. The molecular formula is C29H29ClF3N3. The van der Waals surface area contributed by atoms with E-state index in [1.165, 1.54) is 0 Å². The van der Waals surface area contributed by atoms with Crippen molar-refractivity contribution in [3.05, 3.63) is 100 Å². The summed E-state index contributed by atoms with van der Waals surface area (Å²) < 4.78 is 39.8. The molecule has 0 amide bonds. The molecule has 0 saturated carbocycles. The van der Waals surface area contributed by atoms with Gasteiger partial charge in [-0.15, -0.1) is 0 Å². The van der Waals surface area contributed by atoms with Crippen molar-refractivity contribution >= 4 is 23.1 Å². The zero-order valence-electron chi connectivity index (χ0n) is 20.2. The Hall–Kier alpha value is -2.83. The molecule has 0 N–H and O–H groups in total. The second-order valence-corrected chi connectivity index (χ2v) is 10.0. The van der Waals surface area contributed by atoms with Gasteiger partial charge in [0.2, 0.25) is 0 Å². The molecule has 7 heteroatoms. The normalized spacial score (nSPS) is 20.7. The van der Waals surface area contributed by atoms with E-state index in [4.69, 9.17) is 16.6 Å². The minimum absolute atomic E-state index is 0.120. The summed E-state index contributed by atoms with van der Waals surface area (Å²) in [6.07, 6.45) is -2.12. The van der Waals surface area contributed by atoms with Crippen molar-refractivity contribution in [3.63, 3.8) is 0 Å². The Morgan fingerprint density at radius 2 is 1.69 bits per heavy atom. The number of piperidine rings is 1. The van der Waals surface area contributed by atoms with Crippen LogP contribution in [0.25, 0.3) is 0 Å². The predicted octanol–water partition coefficient (Wildman–Crippen LogP) is 7.57. The van der Waals surface area contributed by atoms with E-state index in [1.807, 2.05) is 42.5 Å². The minimum Gasteiger partial charge on any atom is -0.345 e. The highest BCUT2D eigenvalue weighted by Crippen LogP contribution is 2.41. The number of benzene rings is 3. The summed E-state index contributed by atoms with van der Waals surface area (Å²) in [6, 6.07) is 21.1. The maximum Gasteiger partial charge on any atom is 0.416 e. The maximum atomic E-state index is 13.3. The summed E-state index contributed by atoms with van der Waals surface area (Å²) in [4.78, 5) is 9.77. The predicted molar refractivity (Wildman–Crippen MR) is 139 cm³/mol. The molecule has 2 aliphatic heterocycles. The monoisotopic (exact) mass is 511 g/mol. The van der Waals surface area contributed by atoms with E-state index in [0.29, 0.717) is 22.3 Å². The summed E-state index contributed by atoms with van der Waals surface area (Å²) in [5, 5.41) is 0.664. The average Bonchev–Trinajstić information content (AvgIpc) is 2.88. The van der Waals surface area contributed by atoms with Gasteiger partial charge in [0, 0.05) is 29.2 Å². The molecule has 0 aliphatic carbocycles. The molecule has 1 fully saturated rings. The number of halogens is 4. The van der Waals surface area contributed by atoms with Gasteiger partial charge in [0.25, 0.3) is 0 Å². The van der Waals surface area contributed by atoms with E-state index in [0.717, 1.165) is 68.0 Å². The fourth-order valence-corrected chi connectivity index (χ4v) is 5.52. The first-order valence-corrected chi connectivity index (χ1v) is 12.8. The third-order valence-electron chi connectivity index (χ3n) is 7.20. The molecule has 188 valence electrons. The van der Waals surface area contributed by atoms with E-state index in [1.54, 1.807) is 12.1 Å². The van der Waals surface area contributed by atoms with Gasteiger partial charge in [-0.2, -0.15) is 13.2 Å². The van der Waals surface area contributed by atoms with Crippen molar-refractivity contribution in [1.29, 1.82) is 0 Å². The number of rotatable bonds is 5. The van der Waals surface area contributed by atoms with E-state index in [2.05, 4.69) is 22.8 Å². The van der Waals surface area contributed by atoms with E-state index in [-0.39, 0.29) is 6.04 Å². The Bertz CT molecular complexity index is 1220. The zero-order valence-corrected chi connectivity index (χ0v) is 20.9. The van der Waals surface area contributed by atoms with Crippen LogP contribution in [-0.4, -0.2) is 41.8 Å². The molecule has 36 heavy (non-hydrogen) atoms. The van der Waals surface area contributed by atoms with Crippen molar-refractivity contribution in [2.24, 2.45) is 10.9 Å². The molecule has 1 saturated heterocycles. The van der Waals surface area contributed by atoms with Gasteiger partial charge in [-0.1, -0.05) is 61.0 Å². The SMILES string of the molecule is CCN1CCC[C@H](CN2C(c3ccc(C(F)(F)F)cc3)=Nc3ccccc3C2c2ccc(Cl)cc2)C1. The number of alkyl halides is 3. The number of amidine groups is 1. The van der Waals surface area contributed by atoms with Crippen LogP contribution in [0.4, 0.5) is 18.9 Å². The van der Waals surface area contributed by atoms with Gasteiger partial charge >= 0.3 is 6.18 Å². The molecule has 2 heterocycles. The van der Waals surface area contributed by atoms with Crippen LogP contribution in [0, 0.1) is 5.92 Å². The van der Waals surface area contributed by atoms with E-state index < -0.39 is 11.7 Å². The molecule has 5 rings (SSSR count). The van der Waals surface area contributed by atoms with Gasteiger partial charge in [0.05, 0.1) is 17.3 Å². The van der Waals surface area contributed by atoms with E-state index in [9.17, 15) is 13.2 Å². The molecule has 1 unspecified atom stereocenters. The quantitative estimate of drug-likeness (QED) is 0.351. The lowest BCUT2D eigenvalue weighted by Crippen LogP contribution is -2.45. The first kappa shape index (κ1) is 24.8. The van der Waals surface area contributed by atoms with Gasteiger partial charge in [-0.25, -0.2) is 4.99 Å². The zero-order chi connectivity index (χ0) is 25.3. The van der Waals surface area contributed by atoms with Gasteiger partial charge in [-0.05, 0) is 67.7 Å². The molecule has 0 spiro atoms. The Kier molecular flexibility index (Phi) is 7.09. The molecule has 2 aliphatic rings. The number of fused-ring (bicyclic) bond motifs is 1. The van der Waals surface area contributed by atoms with Crippen LogP contribution < -0.4 is 0 Å². The van der Waals surface area contributed by atoms with Crippen LogP contribution in [0.3, 0.4) is 0 Å². The summed E-state index contributed by atoms with van der Waals surface area (Å²) in [6.45, 7) is 6.07. The van der Waals surface area contributed by atoms with Crippen LogP contribution in [0.5, 0.6) is 0 Å². The third kappa shape index (κ3) is 5.16. The summed E-state index contributed by atoms with van der Waals surface area (Å²) >= 11 is 6.22. The molecule has 0 radical (unpaired) electrons. The highest BCUT2D eigenvalue weighted by atomic mass is 35.5. The van der Waals surface area contributed by atoms with Gasteiger partial charge in [0.1, 0.15) is 5.84 Å². The largest absolute Gasteiger partial charge is 0.416 e. The maximum absolute atomic E-state index is 13.3. The van der Waals surface area contributed by atoms with Crippen molar-refractivity contribution < 1.29 is 13.2 Å². The van der Waals surface area contributed by atoms with Gasteiger partial charge in [-0.3, -0.25) is 0 Å². The lowest BCUT2D eigenvalue weighted by atomic mass is 9.90. The topological polar surface area (TPSA) is 18.8 Å². The van der Waals surface area contributed by atoms with Crippen molar-refractivity contribution in [3.8, 4) is 0 Å². The minimum atomic E-state index is -4.38. The highest BCUT2D eigenvalue weighted by molar-refractivity contribution is 6.30. The Morgan fingerprint density at radius 3 is 2.39 bits per heavy atom. The number of likely N-dealkylation sites (tertiary alicyclic amines) is 1. The van der Waals surface area contributed by atoms with Crippen LogP contribution in [0.1, 0.15) is 48.1 Å². The van der Waals surface area contributed by atoms with Crippen LogP contribution in [0.15, 0.2) is 77.8 Å². The lowest BCUT2D eigenvalue weighted by Gasteiger charge is -2.42. The van der Waals surface area contributed by atoms with Crippen molar-refractivity contribution in [2.75, 3.05) is 26.2 Å². The molecular weight excluding hydrogens is 483 g/mol. The van der Waals surface area contributed by atoms with Crippen molar-refractivity contribution in [2.45, 2.75) is 32.0 Å². The van der Waals surface area contributed by atoms with Gasteiger partial charge in [0.15, 0.2) is 0 Å². The van der Waals surface area contributed by atoms with Gasteiger partial charge < -0.3 is 9.80 Å². The number of para-hydroxylation sites is 1. The second kappa shape index (κ2) is 10.3. The van der Waals surface area contributed by atoms with Crippen LogP contribution in [-0.2, 0) is 6.18 Å². The Labute approximate surface area is 215 Å². The number of hydrogen-bond acceptors (Lipinski definition) is 3. The number of hydrogen-bond donors (Lipinski definition) is 0. The molecule has 3 aromatic carbocycles. The number of nitrogens with zero attached hydrogens (tertiary/aromatic N) is 3. The molecule has 0 bridgehead atoms. The second-order valence-electron chi connectivity index (χ2n) is 9.58. The molecule has 2 atom stereocenters. The fourth-order valence-electron chi connectivity index (χ4n) is 5.39. The molecule has 3 aromatic rings. The third-order valence-corrected chi connectivity index (χ3v) is 7.45. The van der Waals surface area contributed by atoms with Crippen LogP contribution in [0.2, 0.25) is 5.02 Å². The first-order chi connectivity index (χ1) is 17.3. The summed E-state index contributed by atoms with van der Waals surface area (Å²) in [5.74, 6) is 1.13. The lowest BCUT2D eigenvalue weighted by molar-refractivity contribution is -0.137. The van der Waals surface area contributed by atoms with Crippen molar-refractivity contribution in [1.82, 2.24) is 9.80 Å². The van der Waals surface area contributed by atoms with E-state index >= 15 is 0 Å². The highest BCUT2D eigenvalue weighted by Gasteiger charge is 2.35. The molecule has 0 aromatic heterocycles. The smallest absolute Gasteiger partial charge is 0.345 e. The number of aliphatic imine (C=N–C) groups is 1. The Balaban J connectivity index is 1.61. The summed E-state index contributed by atoms with van der Waals surface area (Å²) in [5.41, 5.74) is 3.02. The Morgan fingerprint density at radius 1 is 0.972 bits per heavy atom. The average molecular weight is 512 g/mol. The molecule has 3 nitrogen and oxygen atoms in total. The van der Waals surface area contributed by atoms with Crippen LogP contribution >= 0.6 is 11.6 Å². The standard InChI is InChI=1S/C29H29ClF3N3/c1-2-35-17-5-6-20(18-35)19-36-27(21-11-15-24(30)16-12-21)25-7-3-4-8-26(25)34-28(36)22-9-13-23(14-10-22)29(31,32)33/h3-4,7-16,20,27H,2,5-6,17-19H2,1H3/t20-,27?/m0/s1. The first-order valence-electron chi connectivity index (χ1n) is 12.4. The fraction of sp³-hybridized carbons (Fsp3) is 0.345.